The lowest BCUT2D eigenvalue weighted by molar-refractivity contribution is -0.385. The average Bonchev–Trinajstić information content (AvgIpc) is 2.25. The third kappa shape index (κ3) is 4.20. The van der Waals surface area contributed by atoms with E-state index in [1.165, 1.54) is 6.07 Å². The lowest BCUT2D eigenvalue weighted by Crippen LogP contribution is -2.27. The first-order valence-corrected chi connectivity index (χ1v) is 5.13. The molecule has 17 heavy (non-hydrogen) atoms. The van der Waals surface area contributed by atoms with Gasteiger partial charge in [-0.1, -0.05) is 18.2 Å². The first kappa shape index (κ1) is 13.1. The van der Waals surface area contributed by atoms with E-state index in [9.17, 15) is 14.9 Å². The van der Waals surface area contributed by atoms with Gasteiger partial charge in [-0.3, -0.25) is 19.8 Å². The van der Waals surface area contributed by atoms with Gasteiger partial charge in [0.05, 0.1) is 11.5 Å². The number of rotatable bonds is 6. The topological polar surface area (TPSA) is 83.7 Å². The number of benzene rings is 1. The molecule has 1 rings (SSSR count). The maximum atomic E-state index is 10.7. The maximum Gasteiger partial charge on any atom is 0.317 e. The minimum atomic E-state index is -0.907. The Bertz CT molecular complexity index is 420. The summed E-state index contributed by atoms with van der Waals surface area (Å²) in [7, 11) is 1.67. The zero-order chi connectivity index (χ0) is 12.8. The molecule has 0 saturated carbocycles. The summed E-state index contributed by atoms with van der Waals surface area (Å²) in [4.78, 5) is 22.4. The number of carboxylic acids is 1. The maximum absolute atomic E-state index is 10.7. The molecule has 0 aliphatic heterocycles. The molecule has 0 heterocycles. The van der Waals surface area contributed by atoms with Crippen LogP contribution in [0, 0.1) is 10.1 Å². The molecule has 0 aromatic heterocycles. The fourth-order valence-corrected chi connectivity index (χ4v) is 1.52. The largest absolute Gasteiger partial charge is 0.480 e. The second-order valence-electron chi connectivity index (χ2n) is 3.77. The molecule has 0 fully saturated rings. The van der Waals surface area contributed by atoms with E-state index in [1.54, 1.807) is 30.1 Å². The van der Waals surface area contributed by atoms with Gasteiger partial charge in [-0.25, -0.2) is 0 Å². The fourth-order valence-electron chi connectivity index (χ4n) is 1.52. The van der Waals surface area contributed by atoms with Crippen molar-refractivity contribution < 1.29 is 14.8 Å². The summed E-state index contributed by atoms with van der Waals surface area (Å²) in [5, 5.41) is 19.3. The first-order valence-electron chi connectivity index (χ1n) is 5.13. The lowest BCUT2D eigenvalue weighted by Gasteiger charge is -2.13. The number of carboxylic acid groups (broad SMARTS) is 1. The molecule has 0 bridgehead atoms. The molecule has 1 aromatic carbocycles. The van der Waals surface area contributed by atoms with Gasteiger partial charge in [0.2, 0.25) is 0 Å². The minimum absolute atomic E-state index is 0.0688. The van der Waals surface area contributed by atoms with Gasteiger partial charge < -0.3 is 5.11 Å². The average molecular weight is 238 g/mol. The molecule has 0 spiro atoms. The van der Waals surface area contributed by atoms with Crippen LogP contribution in [0.4, 0.5) is 5.69 Å². The zero-order valence-corrected chi connectivity index (χ0v) is 9.50. The summed E-state index contributed by atoms with van der Waals surface area (Å²) in [6.07, 6.45) is 0.459. The molecule has 6 nitrogen and oxygen atoms in total. The molecule has 0 aliphatic rings. The number of nitro groups is 1. The summed E-state index contributed by atoms with van der Waals surface area (Å²) in [5.41, 5.74) is 0.700. The molecule has 6 heteroatoms. The number of hydrogen-bond acceptors (Lipinski definition) is 4. The minimum Gasteiger partial charge on any atom is -0.480 e. The van der Waals surface area contributed by atoms with E-state index >= 15 is 0 Å². The highest BCUT2D eigenvalue weighted by Gasteiger charge is 2.13. The summed E-state index contributed by atoms with van der Waals surface area (Å²) in [5.74, 6) is -0.907. The Morgan fingerprint density at radius 3 is 2.71 bits per heavy atom. The highest BCUT2D eigenvalue weighted by molar-refractivity contribution is 5.69. The lowest BCUT2D eigenvalue weighted by atomic mass is 10.1. The van der Waals surface area contributed by atoms with Crippen LogP contribution in [0.25, 0.3) is 0 Å². The number of carbonyl (C=O) groups is 1. The zero-order valence-electron chi connectivity index (χ0n) is 9.50. The Morgan fingerprint density at radius 1 is 1.47 bits per heavy atom. The van der Waals surface area contributed by atoms with E-state index in [0.29, 0.717) is 18.5 Å². The van der Waals surface area contributed by atoms with Crippen LogP contribution >= 0.6 is 0 Å². The number of nitrogens with zero attached hydrogens (tertiary/aromatic N) is 2. The van der Waals surface area contributed by atoms with Crippen molar-refractivity contribution in [3.63, 3.8) is 0 Å². The van der Waals surface area contributed by atoms with Gasteiger partial charge in [0.1, 0.15) is 0 Å². The van der Waals surface area contributed by atoms with Crippen molar-refractivity contribution >= 4 is 11.7 Å². The van der Waals surface area contributed by atoms with Gasteiger partial charge in [0.15, 0.2) is 0 Å². The van der Waals surface area contributed by atoms with Crippen molar-refractivity contribution in [3.8, 4) is 0 Å². The normalized spacial score (nSPS) is 10.5. The Hall–Kier alpha value is -1.95. The highest BCUT2D eigenvalue weighted by Crippen LogP contribution is 2.18. The van der Waals surface area contributed by atoms with Crippen LogP contribution < -0.4 is 0 Å². The molecule has 1 N–H and O–H groups in total. The van der Waals surface area contributed by atoms with Gasteiger partial charge in [0, 0.05) is 18.2 Å². The second-order valence-corrected chi connectivity index (χ2v) is 3.77. The molecule has 0 atom stereocenters. The molecule has 92 valence electrons. The van der Waals surface area contributed by atoms with Crippen molar-refractivity contribution in [1.29, 1.82) is 0 Å². The summed E-state index contributed by atoms with van der Waals surface area (Å²) in [6.45, 7) is 0.401. The monoisotopic (exact) mass is 238 g/mol. The number of aliphatic carboxylic acids is 1. The van der Waals surface area contributed by atoms with Gasteiger partial charge >= 0.3 is 5.97 Å². The van der Waals surface area contributed by atoms with Gasteiger partial charge in [0.25, 0.3) is 5.69 Å². The summed E-state index contributed by atoms with van der Waals surface area (Å²) < 4.78 is 0. The van der Waals surface area contributed by atoms with E-state index in [1.807, 2.05) is 0 Å². The predicted molar refractivity (Wildman–Crippen MR) is 61.9 cm³/mol. The quantitative estimate of drug-likeness (QED) is 0.593. The standard InChI is InChI=1S/C11H14N2O4/c1-12(8-11(14)15)7-6-9-4-2-3-5-10(9)13(16)17/h2-5H,6-8H2,1H3,(H,14,15). The molecule has 0 amide bonds. The van der Waals surface area contributed by atoms with Gasteiger partial charge in [-0.05, 0) is 13.5 Å². The van der Waals surface area contributed by atoms with E-state index < -0.39 is 10.9 Å². The van der Waals surface area contributed by atoms with Gasteiger partial charge in [-0.2, -0.15) is 0 Å². The molecule has 0 saturated heterocycles. The van der Waals surface area contributed by atoms with E-state index in [0.717, 1.165) is 0 Å². The van der Waals surface area contributed by atoms with Crippen LogP contribution in [-0.4, -0.2) is 41.0 Å². The summed E-state index contributed by atoms with van der Waals surface area (Å²) in [6, 6.07) is 6.49. The van der Waals surface area contributed by atoms with E-state index in [2.05, 4.69) is 0 Å². The Labute approximate surface area is 98.6 Å². The Morgan fingerprint density at radius 2 is 2.12 bits per heavy atom. The predicted octanol–water partition coefficient (Wildman–Crippen LogP) is 1.15. The second kappa shape index (κ2) is 5.95. The van der Waals surface area contributed by atoms with Crippen molar-refractivity contribution in [1.82, 2.24) is 4.90 Å². The van der Waals surface area contributed by atoms with Crippen molar-refractivity contribution in [2.24, 2.45) is 0 Å². The Kier molecular flexibility index (Phi) is 4.59. The van der Waals surface area contributed by atoms with Gasteiger partial charge in [-0.15, -0.1) is 0 Å². The third-order valence-electron chi connectivity index (χ3n) is 2.36. The molecular formula is C11H14N2O4. The van der Waals surface area contributed by atoms with Crippen molar-refractivity contribution in [2.75, 3.05) is 20.1 Å². The first-order chi connectivity index (χ1) is 8.00. The number of likely N-dealkylation sites (N-methyl/N-ethyl adjacent to an activating group) is 1. The SMILES string of the molecule is CN(CCc1ccccc1[N+](=O)[O-])CC(=O)O. The molecule has 1 aromatic rings. The molecular weight excluding hydrogens is 224 g/mol. The van der Waals surface area contributed by atoms with E-state index in [4.69, 9.17) is 5.11 Å². The van der Waals surface area contributed by atoms with Crippen LogP contribution in [0.3, 0.4) is 0 Å². The Balaban J connectivity index is 2.63. The molecule has 0 radical (unpaired) electrons. The molecule has 0 unspecified atom stereocenters. The smallest absolute Gasteiger partial charge is 0.317 e. The number of hydrogen-bond donors (Lipinski definition) is 1. The van der Waals surface area contributed by atoms with Crippen LogP contribution in [0.2, 0.25) is 0 Å². The number of nitro benzene ring substituents is 1. The van der Waals surface area contributed by atoms with E-state index in [-0.39, 0.29) is 12.2 Å². The third-order valence-corrected chi connectivity index (χ3v) is 2.36. The van der Waals surface area contributed by atoms with Crippen LogP contribution in [0.5, 0.6) is 0 Å². The fraction of sp³-hybridized carbons (Fsp3) is 0.364. The molecule has 0 aliphatic carbocycles. The van der Waals surface area contributed by atoms with Crippen LogP contribution in [0.1, 0.15) is 5.56 Å². The van der Waals surface area contributed by atoms with Crippen LogP contribution in [0.15, 0.2) is 24.3 Å². The van der Waals surface area contributed by atoms with Crippen LogP contribution in [-0.2, 0) is 11.2 Å². The highest BCUT2D eigenvalue weighted by atomic mass is 16.6. The number of para-hydroxylation sites is 1. The summed E-state index contributed by atoms with van der Waals surface area (Å²) >= 11 is 0. The van der Waals surface area contributed by atoms with Crippen molar-refractivity contribution in [3.05, 3.63) is 39.9 Å². The van der Waals surface area contributed by atoms with Crippen molar-refractivity contribution in [2.45, 2.75) is 6.42 Å².